The molecule has 2 N–H and O–H groups in total. The van der Waals surface area contributed by atoms with Gasteiger partial charge in [-0.05, 0) is 43.0 Å². The van der Waals surface area contributed by atoms with E-state index in [2.05, 4.69) is 31.5 Å². The van der Waals surface area contributed by atoms with Gasteiger partial charge in [0.1, 0.15) is 5.76 Å². The molecular formula is C19H18BrN3O3S. The van der Waals surface area contributed by atoms with Crippen LogP contribution in [-0.4, -0.2) is 23.3 Å². The van der Waals surface area contributed by atoms with E-state index in [0.717, 1.165) is 20.6 Å². The SMILES string of the molecule is Cc1ccc(Br)cc1NC(=O)CCNC(=O)c1nc(-c2cccs2)oc1C. The van der Waals surface area contributed by atoms with Gasteiger partial charge in [0.05, 0.1) is 4.88 Å². The van der Waals surface area contributed by atoms with E-state index in [1.54, 1.807) is 6.92 Å². The van der Waals surface area contributed by atoms with Gasteiger partial charge in [-0.3, -0.25) is 9.59 Å². The lowest BCUT2D eigenvalue weighted by Crippen LogP contribution is -2.28. The Balaban J connectivity index is 1.54. The van der Waals surface area contributed by atoms with Crippen LogP contribution >= 0.6 is 27.3 Å². The van der Waals surface area contributed by atoms with Crippen LogP contribution in [0.2, 0.25) is 0 Å². The Kier molecular flexibility index (Phi) is 6.08. The number of carbonyl (C=O) groups is 2. The van der Waals surface area contributed by atoms with Crippen molar-refractivity contribution in [3.05, 3.63) is 57.2 Å². The Morgan fingerprint density at radius 1 is 1.26 bits per heavy atom. The van der Waals surface area contributed by atoms with Crippen molar-refractivity contribution in [1.82, 2.24) is 10.3 Å². The monoisotopic (exact) mass is 447 g/mol. The zero-order valence-corrected chi connectivity index (χ0v) is 17.2. The largest absolute Gasteiger partial charge is 0.440 e. The highest BCUT2D eigenvalue weighted by Gasteiger charge is 2.18. The number of benzene rings is 1. The van der Waals surface area contributed by atoms with Gasteiger partial charge in [0, 0.05) is 23.1 Å². The third-order valence-corrected chi connectivity index (χ3v) is 5.21. The lowest BCUT2D eigenvalue weighted by atomic mass is 10.2. The van der Waals surface area contributed by atoms with Crippen molar-refractivity contribution in [2.45, 2.75) is 20.3 Å². The molecule has 0 aliphatic carbocycles. The van der Waals surface area contributed by atoms with Crippen molar-refractivity contribution in [2.24, 2.45) is 0 Å². The van der Waals surface area contributed by atoms with Gasteiger partial charge < -0.3 is 15.1 Å². The first-order chi connectivity index (χ1) is 12.9. The Morgan fingerprint density at radius 2 is 2.07 bits per heavy atom. The van der Waals surface area contributed by atoms with Crippen molar-refractivity contribution in [2.75, 3.05) is 11.9 Å². The summed E-state index contributed by atoms with van der Waals surface area (Å²) in [5.74, 6) is 0.346. The van der Waals surface area contributed by atoms with Crippen molar-refractivity contribution in [3.8, 4) is 10.8 Å². The van der Waals surface area contributed by atoms with Crippen LogP contribution in [0.1, 0.15) is 28.2 Å². The minimum atomic E-state index is -0.356. The van der Waals surface area contributed by atoms with Gasteiger partial charge >= 0.3 is 0 Å². The molecule has 0 radical (unpaired) electrons. The van der Waals surface area contributed by atoms with Gasteiger partial charge in [-0.2, -0.15) is 0 Å². The number of thiophene rings is 1. The summed E-state index contributed by atoms with van der Waals surface area (Å²) < 4.78 is 6.45. The summed E-state index contributed by atoms with van der Waals surface area (Å²) in [5, 5.41) is 7.48. The highest BCUT2D eigenvalue weighted by molar-refractivity contribution is 9.10. The van der Waals surface area contributed by atoms with Crippen LogP contribution in [0, 0.1) is 13.8 Å². The summed E-state index contributed by atoms with van der Waals surface area (Å²) >= 11 is 4.87. The second-order valence-electron chi connectivity index (χ2n) is 5.91. The average molecular weight is 448 g/mol. The molecular weight excluding hydrogens is 430 g/mol. The van der Waals surface area contributed by atoms with Gasteiger partial charge in [0.25, 0.3) is 5.91 Å². The molecule has 1 aromatic carbocycles. The van der Waals surface area contributed by atoms with Crippen LogP contribution in [-0.2, 0) is 4.79 Å². The van der Waals surface area contributed by atoms with Gasteiger partial charge in [0.15, 0.2) is 5.69 Å². The number of hydrogen-bond acceptors (Lipinski definition) is 5. The second kappa shape index (κ2) is 8.49. The minimum Gasteiger partial charge on any atom is -0.440 e. The summed E-state index contributed by atoms with van der Waals surface area (Å²) in [5.41, 5.74) is 1.95. The van der Waals surface area contributed by atoms with Gasteiger partial charge in [-0.1, -0.05) is 28.1 Å². The Morgan fingerprint density at radius 3 is 2.81 bits per heavy atom. The predicted octanol–water partition coefficient (Wildman–Crippen LogP) is 4.54. The number of oxazole rings is 1. The van der Waals surface area contributed by atoms with E-state index in [4.69, 9.17) is 4.42 Å². The summed E-state index contributed by atoms with van der Waals surface area (Å²) in [7, 11) is 0. The van der Waals surface area contributed by atoms with E-state index < -0.39 is 0 Å². The second-order valence-corrected chi connectivity index (χ2v) is 7.78. The molecule has 0 saturated carbocycles. The summed E-state index contributed by atoms with van der Waals surface area (Å²) in [6.45, 7) is 3.82. The van der Waals surface area contributed by atoms with Crippen molar-refractivity contribution < 1.29 is 14.0 Å². The number of nitrogens with zero attached hydrogens (tertiary/aromatic N) is 1. The number of hydrogen-bond donors (Lipinski definition) is 2. The molecule has 0 atom stereocenters. The molecule has 0 aliphatic rings. The molecule has 0 unspecified atom stereocenters. The normalized spacial score (nSPS) is 10.6. The van der Waals surface area contributed by atoms with Crippen LogP contribution in [0.4, 0.5) is 5.69 Å². The van der Waals surface area contributed by atoms with E-state index in [0.29, 0.717) is 11.7 Å². The lowest BCUT2D eigenvalue weighted by Gasteiger charge is -2.09. The minimum absolute atomic E-state index is 0.159. The molecule has 2 aromatic heterocycles. The molecule has 0 fully saturated rings. The Bertz CT molecular complexity index is 967. The molecule has 27 heavy (non-hydrogen) atoms. The average Bonchev–Trinajstić information content (AvgIpc) is 3.27. The van der Waals surface area contributed by atoms with Crippen LogP contribution in [0.5, 0.6) is 0 Å². The first-order valence-electron chi connectivity index (χ1n) is 8.29. The molecule has 0 spiro atoms. The number of aryl methyl sites for hydroxylation is 2. The predicted molar refractivity (Wildman–Crippen MR) is 109 cm³/mol. The van der Waals surface area contributed by atoms with E-state index in [-0.39, 0.29) is 30.5 Å². The summed E-state index contributed by atoms with van der Waals surface area (Å²) in [6.07, 6.45) is 0.159. The highest BCUT2D eigenvalue weighted by atomic mass is 79.9. The van der Waals surface area contributed by atoms with Crippen molar-refractivity contribution in [3.63, 3.8) is 0 Å². The van der Waals surface area contributed by atoms with Crippen LogP contribution < -0.4 is 10.6 Å². The first-order valence-corrected chi connectivity index (χ1v) is 9.97. The molecule has 0 bridgehead atoms. The van der Waals surface area contributed by atoms with Gasteiger partial charge in [0.2, 0.25) is 11.8 Å². The topological polar surface area (TPSA) is 84.2 Å². The maximum Gasteiger partial charge on any atom is 0.273 e. The fourth-order valence-corrected chi connectivity index (χ4v) is 3.44. The lowest BCUT2D eigenvalue weighted by molar-refractivity contribution is -0.116. The third kappa shape index (κ3) is 4.84. The molecule has 140 valence electrons. The molecule has 0 saturated heterocycles. The van der Waals surface area contributed by atoms with Crippen LogP contribution in [0.15, 0.2) is 44.6 Å². The van der Waals surface area contributed by atoms with E-state index in [1.165, 1.54) is 11.3 Å². The fraction of sp³-hybridized carbons (Fsp3) is 0.211. The zero-order valence-electron chi connectivity index (χ0n) is 14.8. The van der Waals surface area contributed by atoms with Crippen molar-refractivity contribution >= 4 is 44.8 Å². The fourth-order valence-electron chi connectivity index (χ4n) is 2.43. The number of carbonyl (C=O) groups excluding carboxylic acids is 2. The van der Waals surface area contributed by atoms with Gasteiger partial charge in [-0.15, -0.1) is 11.3 Å². The highest BCUT2D eigenvalue weighted by Crippen LogP contribution is 2.26. The number of rotatable bonds is 6. The number of halogens is 1. The maximum atomic E-state index is 12.3. The number of aromatic nitrogens is 1. The molecule has 8 heteroatoms. The Hall–Kier alpha value is -2.45. The maximum absolute atomic E-state index is 12.3. The molecule has 3 rings (SSSR count). The first kappa shape index (κ1) is 19.3. The number of anilines is 1. The Labute approximate surface area is 169 Å². The zero-order chi connectivity index (χ0) is 19.4. The van der Waals surface area contributed by atoms with Crippen LogP contribution in [0.25, 0.3) is 10.8 Å². The standard InChI is InChI=1S/C19H18BrN3O3S/c1-11-5-6-13(20)10-14(11)22-16(24)7-8-21-18(25)17-12(2)26-19(23-17)15-4-3-9-27-15/h3-6,9-10H,7-8H2,1-2H3,(H,21,25)(H,22,24). The molecule has 0 aliphatic heterocycles. The van der Waals surface area contributed by atoms with E-state index in [9.17, 15) is 9.59 Å². The number of nitrogens with one attached hydrogen (secondary N) is 2. The summed E-state index contributed by atoms with van der Waals surface area (Å²) in [6, 6.07) is 9.45. The molecule has 3 aromatic rings. The van der Waals surface area contributed by atoms with Gasteiger partial charge in [-0.25, -0.2) is 4.98 Å². The molecule has 6 nitrogen and oxygen atoms in total. The third-order valence-electron chi connectivity index (χ3n) is 3.85. The van der Waals surface area contributed by atoms with Crippen molar-refractivity contribution in [1.29, 1.82) is 0 Å². The van der Waals surface area contributed by atoms with Crippen LogP contribution in [0.3, 0.4) is 0 Å². The van der Waals surface area contributed by atoms with E-state index >= 15 is 0 Å². The number of amides is 2. The molecule has 2 amide bonds. The quantitative estimate of drug-likeness (QED) is 0.580. The molecule has 2 heterocycles. The summed E-state index contributed by atoms with van der Waals surface area (Å²) in [4.78, 5) is 29.6. The van der Waals surface area contributed by atoms with E-state index in [1.807, 2.05) is 42.6 Å². The smallest absolute Gasteiger partial charge is 0.273 e.